The van der Waals surface area contributed by atoms with Gasteiger partial charge in [-0.15, -0.1) is 0 Å². The van der Waals surface area contributed by atoms with Crippen LogP contribution < -0.4 is 0 Å². The first kappa shape index (κ1) is 15.3. The van der Waals surface area contributed by atoms with E-state index in [1.165, 1.54) is 22.2 Å². The molecule has 1 nitrogen and oxygen atoms in total. The Morgan fingerprint density at radius 3 is 1.83 bits per heavy atom. The van der Waals surface area contributed by atoms with E-state index in [9.17, 15) is 0 Å². The van der Waals surface area contributed by atoms with Crippen molar-refractivity contribution in [3.63, 3.8) is 0 Å². The SMILES string of the molecule is Cn1c(-c2ccc(Cl)cc2)c(-c2ccc(Cl)cc2)c2ccccc21. The molecule has 0 N–H and O–H groups in total. The number of benzene rings is 3. The molecule has 0 fully saturated rings. The molecule has 0 radical (unpaired) electrons. The molecule has 0 aliphatic carbocycles. The second-order valence-electron chi connectivity index (χ2n) is 5.81. The van der Waals surface area contributed by atoms with Crippen molar-refractivity contribution in [2.75, 3.05) is 0 Å². The lowest BCUT2D eigenvalue weighted by Gasteiger charge is -2.09. The van der Waals surface area contributed by atoms with Crippen molar-refractivity contribution in [3.05, 3.63) is 82.8 Å². The van der Waals surface area contributed by atoms with Crippen LogP contribution in [0.5, 0.6) is 0 Å². The molecule has 3 heteroatoms. The highest BCUT2D eigenvalue weighted by molar-refractivity contribution is 6.31. The average Bonchev–Trinajstić information content (AvgIpc) is 2.90. The van der Waals surface area contributed by atoms with Crippen LogP contribution in [0.2, 0.25) is 10.0 Å². The van der Waals surface area contributed by atoms with Crippen LogP contribution in [0, 0.1) is 0 Å². The Morgan fingerprint density at radius 2 is 1.21 bits per heavy atom. The summed E-state index contributed by atoms with van der Waals surface area (Å²) in [5.41, 5.74) is 5.89. The molecule has 3 aromatic carbocycles. The minimum absolute atomic E-state index is 0.741. The van der Waals surface area contributed by atoms with Crippen LogP contribution in [0.3, 0.4) is 0 Å². The fraction of sp³-hybridized carbons (Fsp3) is 0.0476. The predicted molar refractivity (Wildman–Crippen MR) is 104 cm³/mol. The van der Waals surface area contributed by atoms with Crippen molar-refractivity contribution in [1.29, 1.82) is 0 Å². The Hall–Kier alpha value is -2.22. The van der Waals surface area contributed by atoms with Gasteiger partial charge >= 0.3 is 0 Å². The minimum Gasteiger partial charge on any atom is -0.343 e. The predicted octanol–water partition coefficient (Wildman–Crippen LogP) is 6.82. The van der Waals surface area contributed by atoms with Crippen LogP contribution in [0.1, 0.15) is 0 Å². The van der Waals surface area contributed by atoms with E-state index in [0.29, 0.717) is 0 Å². The van der Waals surface area contributed by atoms with Crippen molar-refractivity contribution in [2.45, 2.75) is 0 Å². The first-order chi connectivity index (χ1) is 11.6. The zero-order chi connectivity index (χ0) is 16.7. The highest BCUT2D eigenvalue weighted by atomic mass is 35.5. The number of aryl methyl sites for hydroxylation is 1. The van der Waals surface area contributed by atoms with E-state index in [2.05, 4.69) is 60.1 Å². The number of halogens is 2. The lowest BCUT2D eigenvalue weighted by atomic mass is 9.98. The molecule has 0 unspecified atom stereocenters. The highest BCUT2D eigenvalue weighted by Gasteiger charge is 2.17. The summed E-state index contributed by atoms with van der Waals surface area (Å²) in [6.45, 7) is 0. The lowest BCUT2D eigenvalue weighted by molar-refractivity contribution is 0.979. The normalized spacial score (nSPS) is 11.1. The molecule has 118 valence electrons. The van der Waals surface area contributed by atoms with Crippen LogP contribution in [-0.4, -0.2) is 4.57 Å². The van der Waals surface area contributed by atoms with E-state index in [1.807, 2.05) is 24.3 Å². The first-order valence-corrected chi connectivity index (χ1v) is 8.50. The monoisotopic (exact) mass is 351 g/mol. The van der Waals surface area contributed by atoms with Crippen LogP contribution in [0.25, 0.3) is 33.3 Å². The Kier molecular flexibility index (Phi) is 3.84. The van der Waals surface area contributed by atoms with Crippen molar-refractivity contribution in [1.82, 2.24) is 4.57 Å². The Morgan fingerprint density at radius 1 is 0.667 bits per heavy atom. The molecule has 0 atom stereocenters. The zero-order valence-corrected chi connectivity index (χ0v) is 14.6. The largest absolute Gasteiger partial charge is 0.343 e. The molecular formula is C21H15Cl2N. The van der Waals surface area contributed by atoms with Gasteiger partial charge < -0.3 is 4.57 Å². The molecule has 0 bridgehead atoms. The summed E-state index contributed by atoms with van der Waals surface area (Å²) in [5.74, 6) is 0. The second kappa shape index (κ2) is 6.01. The topological polar surface area (TPSA) is 4.93 Å². The molecule has 1 aromatic heterocycles. The van der Waals surface area contributed by atoms with Gasteiger partial charge in [0.15, 0.2) is 0 Å². The van der Waals surface area contributed by atoms with Crippen LogP contribution >= 0.6 is 23.2 Å². The number of hydrogen-bond donors (Lipinski definition) is 0. The second-order valence-corrected chi connectivity index (χ2v) is 6.69. The number of para-hydroxylation sites is 1. The van der Waals surface area contributed by atoms with Gasteiger partial charge in [-0.05, 0) is 41.5 Å². The van der Waals surface area contributed by atoms with Gasteiger partial charge in [0.25, 0.3) is 0 Å². The maximum absolute atomic E-state index is 6.08. The summed E-state index contributed by atoms with van der Waals surface area (Å²) in [6.07, 6.45) is 0. The highest BCUT2D eigenvalue weighted by Crippen LogP contribution is 2.40. The lowest BCUT2D eigenvalue weighted by Crippen LogP contribution is -1.92. The average molecular weight is 352 g/mol. The van der Waals surface area contributed by atoms with E-state index < -0.39 is 0 Å². The van der Waals surface area contributed by atoms with Gasteiger partial charge in [0, 0.05) is 33.6 Å². The number of aromatic nitrogens is 1. The van der Waals surface area contributed by atoms with Crippen molar-refractivity contribution in [3.8, 4) is 22.4 Å². The Bertz CT molecular complexity index is 1010. The summed E-state index contributed by atoms with van der Waals surface area (Å²) in [6, 6.07) is 24.5. The maximum atomic E-state index is 6.08. The Labute approximate surface area is 151 Å². The van der Waals surface area contributed by atoms with E-state index in [4.69, 9.17) is 23.2 Å². The molecule has 0 amide bonds. The van der Waals surface area contributed by atoms with Crippen molar-refractivity contribution in [2.24, 2.45) is 7.05 Å². The van der Waals surface area contributed by atoms with Gasteiger partial charge in [-0.25, -0.2) is 0 Å². The summed E-state index contributed by atoms with van der Waals surface area (Å²) in [7, 11) is 2.10. The van der Waals surface area contributed by atoms with E-state index in [0.717, 1.165) is 21.2 Å². The molecule has 0 spiro atoms. The summed E-state index contributed by atoms with van der Waals surface area (Å²) in [5, 5.41) is 2.71. The van der Waals surface area contributed by atoms with Crippen molar-refractivity contribution >= 4 is 34.1 Å². The van der Waals surface area contributed by atoms with Gasteiger partial charge in [-0.3, -0.25) is 0 Å². The van der Waals surface area contributed by atoms with Crippen LogP contribution in [0.15, 0.2) is 72.8 Å². The summed E-state index contributed by atoms with van der Waals surface area (Å²) in [4.78, 5) is 0. The van der Waals surface area contributed by atoms with E-state index >= 15 is 0 Å². The van der Waals surface area contributed by atoms with Crippen LogP contribution in [0.4, 0.5) is 0 Å². The Balaban J connectivity index is 2.08. The summed E-state index contributed by atoms with van der Waals surface area (Å²) >= 11 is 12.1. The number of fused-ring (bicyclic) bond motifs is 1. The van der Waals surface area contributed by atoms with Gasteiger partial charge in [0.2, 0.25) is 0 Å². The third kappa shape index (κ3) is 2.50. The molecule has 24 heavy (non-hydrogen) atoms. The molecule has 1 heterocycles. The van der Waals surface area contributed by atoms with E-state index in [-0.39, 0.29) is 0 Å². The minimum atomic E-state index is 0.741. The maximum Gasteiger partial charge on any atom is 0.0568 e. The number of hydrogen-bond acceptors (Lipinski definition) is 0. The molecule has 4 aromatic rings. The van der Waals surface area contributed by atoms with Gasteiger partial charge in [0.1, 0.15) is 0 Å². The fourth-order valence-electron chi connectivity index (χ4n) is 3.25. The quantitative estimate of drug-likeness (QED) is 0.373. The molecular weight excluding hydrogens is 337 g/mol. The zero-order valence-electron chi connectivity index (χ0n) is 13.1. The number of rotatable bonds is 2. The number of nitrogens with zero attached hydrogens (tertiary/aromatic N) is 1. The van der Waals surface area contributed by atoms with Gasteiger partial charge in [0.05, 0.1) is 5.69 Å². The molecule has 0 saturated heterocycles. The molecule has 0 aliphatic heterocycles. The molecule has 0 aliphatic rings. The first-order valence-electron chi connectivity index (χ1n) is 7.74. The third-order valence-electron chi connectivity index (χ3n) is 4.36. The van der Waals surface area contributed by atoms with Crippen molar-refractivity contribution < 1.29 is 0 Å². The third-order valence-corrected chi connectivity index (χ3v) is 4.86. The van der Waals surface area contributed by atoms with Crippen LogP contribution in [-0.2, 0) is 7.05 Å². The van der Waals surface area contributed by atoms with Gasteiger partial charge in [-0.2, -0.15) is 0 Å². The molecule has 4 rings (SSSR count). The summed E-state index contributed by atoms with van der Waals surface area (Å²) < 4.78 is 2.24. The molecule has 0 saturated carbocycles. The van der Waals surface area contributed by atoms with E-state index in [1.54, 1.807) is 0 Å². The fourth-order valence-corrected chi connectivity index (χ4v) is 3.50. The standard InChI is InChI=1S/C21H15Cl2N/c1-24-19-5-3-2-4-18(19)20(14-6-10-16(22)11-7-14)21(24)15-8-12-17(23)13-9-15/h2-13H,1H3. The van der Waals surface area contributed by atoms with Gasteiger partial charge in [-0.1, -0.05) is 65.7 Å². The smallest absolute Gasteiger partial charge is 0.0568 e.